The number of aryl methyl sites for hydroxylation is 8. The lowest BCUT2D eigenvalue weighted by molar-refractivity contribution is 0.925. The molecular formula is C92H68. The first kappa shape index (κ1) is 55.2. The Morgan fingerprint density at radius 1 is 0.120 bits per heavy atom. The number of hydrogen-bond acceptors (Lipinski definition) is 0. The van der Waals surface area contributed by atoms with Gasteiger partial charge >= 0.3 is 0 Å². The first-order valence-corrected chi connectivity index (χ1v) is 33.0. The van der Waals surface area contributed by atoms with Crippen LogP contribution in [0.5, 0.6) is 0 Å². The molecule has 14 aromatic rings. The van der Waals surface area contributed by atoms with Crippen LogP contribution in [0.15, 0.2) is 315 Å². The van der Waals surface area contributed by atoms with Gasteiger partial charge in [0, 0.05) is 0 Å². The molecule has 0 aromatic heterocycles. The first-order chi connectivity index (χ1) is 45.5. The van der Waals surface area contributed by atoms with E-state index in [-0.39, 0.29) is 0 Å². The van der Waals surface area contributed by atoms with Crippen molar-refractivity contribution in [1.82, 2.24) is 0 Å². The minimum Gasteiger partial charge on any atom is -0.0616 e. The van der Waals surface area contributed by atoms with Gasteiger partial charge in [0.15, 0.2) is 0 Å². The van der Waals surface area contributed by atoms with Crippen molar-refractivity contribution < 1.29 is 0 Å². The van der Waals surface area contributed by atoms with Crippen LogP contribution in [0, 0.1) is 0 Å². The fourth-order valence-corrected chi connectivity index (χ4v) is 14.9. The topological polar surface area (TPSA) is 0 Å². The van der Waals surface area contributed by atoms with Crippen LogP contribution < -0.4 is 0 Å². The largest absolute Gasteiger partial charge is 0.0616 e. The molecule has 0 amide bonds. The summed E-state index contributed by atoms with van der Waals surface area (Å²) in [4.78, 5) is 0. The van der Waals surface area contributed by atoms with E-state index in [0.29, 0.717) is 0 Å². The molecule has 0 atom stereocenters. The molecule has 35 rings (SSSR count). The van der Waals surface area contributed by atoms with E-state index in [1.807, 2.05) is 0 Å². The Kier molecular flexibility index (Phi) is 14.3. The molecule has 0 heterocycles. The molecule has 436 valence electrons. The smallest absolute Gasteiger partial charge is 0.0105 e. The summed E-state index contributed by atoms with van der Waals surface area (Å²) in [5, 5.41) is 0. The van der Waals surface area contributed by atoms with E-state index < -0.39 is 0 Å². The van der Waals surface area contributed by atoms with Gasteiger partial charge < -0.3 is 0 Å². The average Bonchev–Trinajstić information content (AvgIpc) is 1.26. The number of benzene rings is 14. The van der Waals surface area contributed by atoms with Gasteiger partial charge in [0.25, 0.3) is 0 Å². The molecule has 0 aliphatic heterocycles. The lowest BCUT2D eigenvalue weighted by Gasteiger charge is -2.18. The van der Waals surface area contributed by atoms with Gasteiger partial charge in [0.05, 0.1) is 0 Å². The third-order valence-corrected chi connectivity index (χ3v) is 20.2. The van der Waals surface area contributed by atoms with E-state index in [0.717, 1.165) is 51.4 Å². The molecule has 0 heteroatoms. The van der Waals surface area contributed by atoms with Crippen molar-refractivity contribution in [3.63, 3.8) is 0 Å². The molecule has 0 radical (unpaired) electrons. The summed E-state index contributed by atoms with van der Waals surface area (Å²) in [6.45, 7) is 0. The summed E-state index contributed by atoms with van der Waals surface area (Å²) in [6, 6.07) is 120. The molecule has 92 heavy (non-hydrogen) atoms. The third kappa shape index (κ3) is 10.8. The van der Waals surface area contributed by atoms with Crippen LogP contribution in [-0.2, 0) is 51.4 Å². The van der Waals surface area contributed by atoms with Crippen molar-refractivity contribution in [2.45, 2.75) is 51.4 Å². The fourth-order valence-electron chi connectivity index (χ4n) is 14.9. The monoisotopic (exact) mass is 1170 g/mol. The van der Waals surface area contributed by atoms with Crippen molar-refractivity contribution >= 4 is 0 Å². The second-order valence-corrected chi connectivity index (χ2v) is 25.7. The van der Waals surface area contributed by atoms with Crippen LogP contribution >= 0.6 is 0 Å². The SMILES string of the molecule is c1ccc2c(c1)-c1ccc(cc1)-c1ccc(cc1)-c1cc3ccc1CCc1ccc(c(c1)-c1ccc(cc1)-c1ccc(cc1)-c1ccccc1-c1ccc(cc1)-c1ccc(cc1)-c1cc4ccc1CCc1ccc(c(c1)-c1ccc(cc1)-c1ccc-2cc1)CC4)CC3. The summed E-state index contributed by atoms with van der Waals surface area (Å²) in [5.74, 6) is 0. The Morgan fingerprint density at radius 2 is 0.272 bits per heavy atom. The average molecular weight is 1170 g/mol. The van der Waals surface area contributed by atoms with Gasteiger partial charge in [-0.3, -0.25) is 0 Å². The second-order valence-electron chi connectivity index (χ2n) is 25.7. The third-order valence-electron chi connectivity index (χ3n) is 20.2. The predicted octanol–water partition coefficient (Wildman–Crippen LogP) is 23.8. The van der Waals surface area contributed by atoms with Crippen LogP contribution in [0.3, 0.4) is 0 Å². The van der Waals surface area contributed by atoms with Gasteiger partial charge in [-0.1, -0.05) is 315 Å². The number of hydrogen-bond donors (Lipinski definition) is 0. The summed E-state index contributed by atoms with van der Waals surface area (Å²) < 4.78 is 0. The normalized spacial score (nSPS) is 12.9. The fraction of sp³-hybridized carbons (Fsp3) is 0.0870. The summed E-state index contributed by atoms with van der Waals surface area (Å²) in [6.07, 6.45) is 7.83. The molecule has 0 spiro atoms. The van der Waals surface area contributed by atoms with Crippen molar-refractivity contribution in [1.29, 1.82) is 0 Å². The van der Waals surface area contributed by atoms with Gasteiger partial charge in [0.1, 0.15) is 0 Å². The van der Waals surface area contributed by atoms with E-state index in [1.54, 1.807) is 0 Å². The maximum absolute atomic E-state index is 2.47. The van der Waals surface area contributed by atoms with Crippen LogP contribution in [0.4, 0.5) is 0 Å². The zero-order valence-corrected chi connectivity index (χ0v) is 51.7. The molecule has 0 unspecified atom stereocenters. The van der Waals surface area contributed by atoms with Crippen LogP contribution in [0.25, 0.3) is 134 Å². The molecule has 21 aliphatic carbocycles. The number of rotatable bonds is 0. The van der Waals surface area contributed by atoms with Crippen molar-refractivity contribution in [2.24, 2.45) is 0 Å². The molecule has 21 aliphatic rings. The Hall–Kier alpha value is -10.9. The quantitative estimate of drug-likeness (QED) is 0.142. The van der Waals surface area contributed by atoms with Crippen LogP contribution in [0.2, 0.25) is 0 Å². The van der Waals surface area contributed by atoms with E-state index >= 15 is 0 Å². The standard InChI is InChI=1S/C92H68/c1-2-6-86-74-43-27-66(28-44-74)70-35-51-82(52-36-70)90-58-62-10-18-78(90)22-15-64-12-20-80(24-16-62)92(60-64)84-55-39-72(40-56-84)68-31-47-76(48-32-68)88-8-4-3-7-87(88)75-45-29-67(30-46-75)71-37-53-83(54-38-71)91-59-63-11-19-79(91)23-14-61-9-17-77(21-13-63)89(57-61)81-49-33-69(34-50-81)65-25-41-73(42-26-65)85(86)5-1/h1-12,17-20,25-60H,13-16,21-24H2. The van der Waals surface area contributed by atoms with Gasteiger partial charge in [-0.15, -0.1) is 0 Å². The second kappa shape index (κ2) is 23.8. The molecule has 14 aromatic carbocycles. The molecule has 0 saturated heterocycles. The Labute approximate surface area is 541 Å². The zero-order chi connectivity index (χ0) is 60.9. The highest BCUT2D eigenvalue weighted by Gasteiger charge is 2.18. The minimum absolute atomic E-state index is 0.977. The minimum atomic E-state index is 0.977. The molecule has 0 nitrogen and oxygen atoms in total. The Balaban J connectivity index is 0.696. The lowest BCUT2D eigenvalue weighted by Crippen LogP contribution is -2.02. The van der Waals surface area contributed by atoms with Gasteiger partial charge in [-0.2, -0.15) is 0 Å². The van der Waals surface area contributed by atoms with Gasteiger partial charge in [0.2, 0.25) is 0 Å². The van der Waals surface area contributed by atoms with E-state index in [9.17, 15) is 0 Å². The maximum atomic E-state index is 2.47. The molecular weight excluding hydrogens is 1110 g/mol. The van der Waals surface area contributed by atoms with Crippen molar-refractivity contribution in [2.75, 3.05) is 0 Å². The van der Waals surface area contributed by atoms with Crippen LogP contribution in [-0.4, -0.2) is 0 Å². The van der Waals surface area contributed by atoms with E-state index in [4.69, 9.17) is 0 Å². The zero-order valence-electron chi connectivity index (χ0n) is 51.7. The van der Waals surface area contributed by atoms with Crippen LogP contribution in [0.1, 0.15) is 44.5 Å². The molecule has 0 saturated carbocycles. The maximum Gasteiger partial charge on any atom is -0.0105 e. The highest BCUT2D eigenvalue weighted by molar-refractivity contribution is 5.88. The predicted molar refractivity (Wildman–Crippen MR) is 388 cm³/mol. The van der Waals surface area contributed by atoms with Gasteiger partial charge in [-0.25, -0.2) is 0 Å². The molecule has 28 bridgehead atoms. The highest BCUT2D eigenvalue weighted by Crippen LogP contribution is 2.41. The van der Waals surface area contributed by atoms with Gasteiger partial charge in [-0.05, 0) is 229 Å². The lowest BCUT2D eigenvalue weighted by atomic mass is 9.87. The Bertz CT molecular complexity index is 4400. The summed E-state index contributed by atoms with van der Waals surface area (Å²) in [5.41, 5.74) is 41.2. The summed E-state index contributed by atoms with van der Waals surface area (Å²) in [7, 11) is 0. The van der Waals surface area contributed by atoms with E-state index in [1.165, 1.54) is 178 Å². The Morgan fingerprint density at radius 3 is 0.446 bits per heavy atom. The molecule has 0 fully saturated rings. The first-order valence-electron chi connectivity index (χ1n) is 33.0. The summed E-state index contributed by atoms with van der Waals surface area (Å²) >= 11 is 0. The molecule has 0 N–H and O–H groups in total. The van der Waals surface area contributed by atoms with Crippen molar-refractivity contribution in [3.8, 4) is 134 Å². The highest BCUT2D eigenvalue weighted by atomic mass is 14.2. The van der Waals surface area contributed by atoms with Crippen molar-refractivity contribution in [3.05, 3.63) is 360 Å². The van der Waals surface area contributed by atoms with E-state index in [2.05, 4.69) is 315 Å².